The minimum atomic E-state index is 0.645. The van der Waals surface area contributed by atoms with E-state index in [1.807, 2.05) is 23.7 Å². The van der Waals surface area contributed by atoms with Crippen LogP contribution in [0.15, 0.2) is 41.2 Å². The van der Waals surface area contributed by atoms with Gasteiger partial charge in [0.15, 0.2) is 0 Å². The largest absolute Gasteiger partial charge is 0.342 e. The molecule has 1 aromatic carbocycles. The zero-order valence-electron chi connectivity index (χ0n) is 9.86. The third-order valence-electron chi connectivity index (χ3n) is 2.75. The minimum Gasteiger partial charge on any atom is -0.342 e. The number of nitrogens with zero attached hydrogens (tertiary/aromatic N) is 1. The van der Waals surface area contributed by atoms with Gasteiger partial charge in [-0.15, -0.1) is 0 Å². The third kappa shape index (κ3) is 3.00. The molecule has 0 spiro atoms. The molecule has 2 nitrogen and oxygen atoms in total. The summed E-state index contributed by atoms with van der Waals surface area (Å²) in [6, 6.07) is 7.60. The van der Waals surface area contributed by atoms with Crippen molar-refractivity contribution in [1.82, 2.24) is 9.97 Å². The van der Waals surface area contributed by atoms with Gasteiger partial charge in [0.2, 0.25) is 0 Å². The number of aromatic amines is 1. The number of thiophene rings is 1. The van der Waals surface area contributed by atoms with Crippen LogP contribution in [0, 0.1) is 0 Å². The number of aromatic nitrogens is 2. The van der Waals surface area contributed by atoms with Gasteiger partial charge in [-0.3, -0.25) is 0 Å². The normalized spacial score (nSPS) is 10.8. The van der Waals surface area contributed by atoms with Gasteiger partial charge < -0.3 is 4.98 Å². The quantitative estimate of drug-likeness (QED) is 0.721. The molecule has 3 rings (SSSR count). The SMILES string of the molecule is Clc1cc(Cl)cc(Cc2ncc(-c3ccsc3)[nH]2)c1. The molecule has 2 aromatic heterocycles. The summed E-state index contributed by atoms with van der Waals surface area (Å²) in [4.78, 5) is 7.70. The average Bonchev–Trinajstić information content (AvgIpc) is 2.96. The molecule has 1 N–H and O–H groups in total. The van der Waals surface area contributed by atoms with Crippen LogP contribution in [0.1, 0.15) is 11.4 Å². The smallest absolute Gasteiger partial charge is 0.110 e. The van der Waals surface area contributed by atoms with Crippen LogP contribution in [-0.2, 0) is 6.42 Å². The summed E-state index contributed by atoms with van der Waals surface area (Å²) in [5.41, 5.74) is 3.24. The van der Waals surface area contributed by atoms with Gasteiger partial charge in [0.25, 0.3) is 0 Å². The van der Waals surface area contributed by atoms with E-state index in [1.165, 1.54) is 0 Å². The molecule has 2 heterocycles. The molecule has 0 bridgehead atoms. The fraction of sp³-hybridized carbons (Fsp3) is 0.0714. The van der Waals surface area contributed by atoms with Gasteiger partial charge in [-0.05, 0) is 35.2 Å². The molecule has 19 heavy (non-hydrogen) atoms. The maximum atomic E-state index is 5.99. The van der Waals surface area contributed by atoms with Crippen molar-refractivity contribution in [3.63, 3.8) is 0 Å². The van der Waals surface area contributed by atoms with Crippen LogP contribution in [0.3, 0.4) is 0 Å². The van der Waals surface area contributed by atoms with E-state index in [0.29, 0.717) is 16.5 Å². The highest BCUT2D eigenvalue weighted by atomic mass is 35.5. The molecule has 0 aliphatic carbocycles. The van der Waals surface area contributed by atoms with Crippen LogP contribution in [0.5, 0.6) is 0 Å². The molecule has 0 aliphatic rings. The van der Waals surface area contributed by atoms with Crippen LogP contribution in [0.2, 0.25) is 10.0 Å². The maximum absolute atomic E-state index is 5.99. The molecule has 0 atom stereocenters. The number of halogens is 2. The van der Waals surface area contributed by atoms with Crippen molar-refractivity contribution in [1.29, 1.82) is 0 Å². The van der Waals surface area contributed by atoms with Gasteiger partial charge in [0.1, 0.15) is 5.82 Å². The predicted octanol–water partition coefficient (Wildman–Crippen LogP) is 5.04. The first-order valence-corrected chi connectivity index (χ1v) is 7.42. The molecule has 0 fully saturated rings. The number of H-pyrrole nitrogens is 1. The van der Waals surface area contributed by atoms with Crippen LogP contribution in [-0.4, -0.2) is 9.97 Å². The van der Waals surface area contributed by atoms with E-state index < -0.39 is 0 Å². The van der Waals surface area contributed by atoms with Crippen molar-refractivity contribution in [2.75, 3.05) is 0 Å². The maximum Gasteiger partial charge on any atom is 0.110 e. The number of imidazole rings is 1. The number of nitrogens with one attached hydrogen (secondary N) is 1. The third-order valence-corrected chi connectivity index (χ3v) is 3.87. The molecule has 0 amide bonds. The van der Waals surface area contributed by atoms with Gasteiger partial charge in [-0.25, -0.2) is 4.98 Å². The van der Waals surface area contributed by atoms with Gasteiger partial charge in [-0.1, -0.05) is 23.2 Å². The number of benzene rings is 1. The lowest BCUT2D eigenvalue weighted by atomic mass is 10.1. The van der Waals surface area contributed by atoms with Gasteiger partial charge in [0.05, 0.1) is 11.9 Å². The summed E-state index contributed by atoms with van der Waals surface area (Å²) in [7, 11) is 0. The number of hydrogen-bond donors (Lipinski definition) is 1. The van der Waals surface area contributed by atoms with Crippen molar-refractivity contribution < 1.29 is 0 Å². The van der Waals surface area contributed by atoms with Crippen LogP contribution < -0.4 is 0 Å². The Kier molecular flexibility index (Phi) is 3.60. The van der Waals surface area contributed by atoms with Gasteiger partial charge in [0, 0.05) is 27.4 Å². The Hall–Kier alpha value is -1.29. The van der Waals surface area contributed by atoms with E-state index in [0.717, 1.165) is 22.6 Å². The first-order valence-electron chi connectivity index (χ1n) is 5.72. The van der Waals surface area contributed by atoms with Crippen molar-refractivity contribution in [2.24, 2.45) is 0 Å². The second-order valence-electron chi connectivity index (χ2n) is 4.21. The van der Waals surface area contributed by atoms with Gasteiger partial charge in [-0.2, -0.15) is 11.3 Å². The number of rotatable bonds is 3. The van der Waals surface area contributed by atoms with E-state index in [4.69, 9.17) is 23.2 Å². The van der Waals surface area contributed by atoms with Crippen LogP contribution in [0.25, 0.3) is 11.3 Å². The van der Waals surface area contributed by atoms with Crippen molar-refractivity contribution in [2.45, 2.75) is 6.42 Å². The van der Waals surface area contributed by atoms with E-state index in [9.17, 15) is 0 Å². The topological polar surface area (TPSA) is 28.7 Å². The van der Waals surface area contributed by atoms with Crippen LogP contribution in [0.4, 0.5) is 0 Å². The van der Waals surface area contributed by atoms with E-state index in [1.54, 1.807) is 17.4 Å². The predicted molar refractivity (Wildman–Crippen MR) is 81.2 cm³/mol. The Morgan fingerprint density at radius 3 is 2.63 bits per heavy atom. The molecular formula is C14H10Cl2N2S. The lowest BCUT2D eigenvalue weighted by molar-refractivity contribution is 1.03. The summed E-state index contributed by atoms with van der Waals surface area (Å²) < 4.78 is 0. The Morgan fingerprint density at radius 1 is 1.16 bits per heavy atom. The average molecular weight is 309 g/mol. The second-order valence-corrected chi connectivity index (χ2v) is 5.86. The Labute approximate surface area is 125 Å². The molecule has 0 aliphatic heterocycles. The van der Waals surface area contributed by atoms with Crippen molar-refractivity contribution in [3.8, 4) is 11.3 Å². The van der Waals surface area contributed by atoms with Crippen LogP contribution >= 0.6 is 34.5 Å². The minimum absolute atomic E-state index is 0.645. The lowest BCUT2D eigenvalue weighted by Gasteiger charge is -2.01. The summed E-state index contributed by atoms with van der Waals surface area (Å²) in [5.74, 6) is 0.902. The molecule has 0 radical (unpaired) electrons. The van der Waals surface area contributed by atoms with E-state index in [-0.39, 0.29) is 0 Å². The second kappa shape index (κ2) is 5.37. The lowest BCUT2D eigenvalue weighted by Crippen LogP contribution is -1.91. The monoisotopic (exact) mass is 308 g/mol. The first-order chi connectivity index (χ1) is 9.20. The highest BCUT2D eigenvalue weighted by Gasteiger charge is 2.06. The fourth-order valence-electron chi connectivity index (χ4n) is 1.92. The zero-order chi connectivity index (χ0) is 13.2. The molecule has 0 unspecified atom stereocenters. The molecule has 0 saturated heterocycles. The van der Waals surface area contributed by atoms with Crippen molar-refractivity contribution in [3.05, 3.63) is 62.7 Å². The molecule has 0 saturated carbocycles. The Morgan fingerprint density at radius 2 is 1.95 bits per heavy atom. The summed E-state index contributed by atoms with van der Waals surface area (Å²) in [5, 5.41) is 5.43. The summed E-state index contributed by atoms with van der Waals surface area (Å²) in [6.45, 7) is 0. The highest BCUT2D eigenvalue weighted by molar-refractivity contribution is 7.08. The molecule has 3 aromatic rings. The molecule has 5 heteroatoms. The summed E-state index contributed by atoms with van der Waals surface area (Å²) >= 11 is 13.6. The van der Waals surface area contributed by atoms with E-state index >= 15 is 0 Å². The molecule has 96 valence electrons. The number of hydrogen-bond acceptors (Lipinski definition) is 2. The van der Waals surface area contributed by atoms with Gasteiger partial charge >= 0.3 is 0 Å². The van der Waals surface area contributed by atoms with Crippen molar-refractivity contribution >= 4 is 34.5 Å². The Bertz CT molecular complexity index is 669. The summed E-state index contributed by atoms with van der Waals surface area (Å²) in [6.07, 6.45) is 2.54. The molecular weight excluding hydrogens is 299 g/mol. The highest BCUT2D eigenvalue weighted by Crippen LogP contribution is 2.23. The fourth-order valence-corrected chi connectivity index (χ4v) is 3.15. The standard InChI is InChI=1S/C14H10Cl2N2S/c15-11-3-9(4-12(16)6-11)5-14-17-7-13(18-14)10-1-2-19-8-10/h1-4,6-8H,5H2,(H,17,18). The Balaban J connectivity index is 1.84. The first kappa shape index (κ1) is 12.7. The van der Waals surface area contributed by atoms with E-state index in [2.05, 4.69) is 21.4 Å². The zero-order valence-corrected chi connectivity index (χ0v) is 12.2.